The van der Waals surface area contributed by atoms with E-state index in [9.17, 15) is 0 Å². The maximum absolute atomic E-state index is 5.99. The van der Waals surface area contributed by atoms with Gasteiger partial charge in [-0.3, -0.25) is 0 Å². The zero-order valence-electron chi connectivity index (χ0n) is 7.00. The summed E-state index contributed by atoms with van der Waals surface area (Å²) in [6, 6.07) is 6.21. The third kappa shape index (κ3) is 1.58. The van der Waals surface area contributed by atoms with Gasteiger partial charge >= 0.3 is 0 Å². The van der Waals surface area contributed by atoms with Crippen molar-refractivity contribution >= 4 is 54.8 Å². The number of nitrogen functional groups attached to an aromatic ring is 1. The van der Waals surface area contributed by atoms with E-state index in [4.69, 9.17) is 5.73 Å². The van der Waals surface area contributed by atoms with Crippen LogP contribution in [0.4, 0.5) is 5.69 Å². The van der Waals surface area contributed by atoms with Crippen molar-refractivity contribution in [1.82, 2.24) is 0 Å². The molecule has 4 heteroatoms. The molecule has 1 aromatic heterocycles. The van der Waals surface area contributed by atoms with Gasteiger partial charge in [0.15, 0.2) is 0 Å². The lowest BCUT2D eigenvalue weighted by Gasteiger charge is -1.93. The average Bonchev–Trinajstić information content (AvgIpc) is 2.44. The molecule has 0 saturated heterocycles. The predicted molar refractivity (Wildman–Crippen MR) is 65.7 cm³/mol. The van der Waals surface area contributed by atoms with Crippen molar-refractivity contribution in [3.8, 4) is 0 Å². The highest BCUT2D eigenvalue weighted by Crippen LogP contribution is 2.40. The van der Waals surface area contributed by atoms with E-state index < -0.39 is 0 Å². The number of anilines is 1. The predicted octanol–water partition coefficient (Wildman–Crippen LogP) is 3.97. The first-order valence-electron chi connectivity index (χ1n) is 3.74. The van der Waals surface area contributed by atoms with Gasteiger partial charge in [-0.1, -0.05) is 15.9 Å². The van der Waals surface area contributed by atoms with Crippen LogP contribution in [0, 0.1) is 0 Å². The summed E-state index contributed by atoms with van der Waals surface area (Å²) in [4.78, 5) is 0. The van der Waals surface area contributed by atoms with Crippen LogP contribution in [0.2, 0.25) is 0 Å². The number of thiophene rings is 1. The highest BCUT2D eigenvalue weighted by Gasteiger charge is 2.07. The van der Waals surface area contributed by atoms with Crippen LogP contribution in [0.3, 0.4) is 0 Å². The highest BCUT2D eigenvalue weighted by molar-refractivity contribution is 9.10. The minimum Gasteiger partial charge on any atom is -0.397 e. The van der Waals surface area contributed by atoms with Crippen LogP contribution >= 0.6 is 39.0 Å². The lowest BCUT2D eigenvalue weighted by molar-refractivity contribution is 1.70. The molecule has 0 spiro atoms. The molecule has 0 bridgehead atoms. The van der Waals surface area contributed by atoms with Gasteiger partial charge < -0.3 is 5.73 Å². The molecule has 1 aromatic carbocycles. The molecule has 0 radical (unpaired) electrons. The highest BCUT2D eigenvalue weighted by atomic mass is 79.9. The number of hydrogen-bond acceptors (Lipinski definition) is 3. The smallest absolute Gasteiger partial charge is 0.0838 e. The maximum atomic E-state index is 5.99. The second-order valence-corrected chi connectivity index (χ2v) is 5.69. The van der Waals surface area contributed by atoms with Crippen LogP contribution in [0.15, 0.2) is 26.9 Å². The fourth-order valence-corrected chi connectivity index (χ4v) is 3.35. The molecule has 0 fully saturated rings. The van der Waals surface area contributed by atoms with E-state index in [1.165, 1.54) is 8.91 Å². The first-order chi connectivity index (χ1) is 6.22. The topological polar surface area (TPSA) is 26.0 Å². The summed E-state index contributed by atoms with van der Waals surface area (Å²) in [5.41, 5.74) is 6.90. The molecule has 2 N–H and O–H groups in total. The molecule has 0 aliphatic rings. The molecule has 0 aliphatic heterocycles. The Kier molecular flexibility index (Phi) is 2.53. The van der Waals surface area contributed by atoms with E-state index in [1.54, 1.807) is 23.1 Å². The minimum atomic E-state index is 0.911. The van der Waals surface area contributed by atoms with Crippen LogP contribution < -0.4 is 5.73 Å². The number of nitrogens with two attached hydrogens (primary N) is 1. The molecule has 68 valence electrons. The van der Waals surface area contributed by atoms with Gasteiger partial charge in [-0.25, -0.2) is 0 Å². The van der Waals surface area contributed by atoms with Gasteiger partial charge in [-0.15, -0.1) is 23.1 Å². The van der Waals surface area contributed by atoms with Crippen LogP contribution in [0.5, 0.6) is 0 Å². The average molecular weight is 274 g/mol. The Hall–Kier alpha value is -0.190. The Morgan fingerprint density at radius 3 is 2.92 bits per heavy atom. The van der Waals surface area contributed by atoms with Crippen LogP contribution in [0.25, 0.3) is 10.1 Å². The Bertz CT molecular complexity index is 450. The van der Waals surface area contributed by atoms with E-state index in [1.807, 2.05) is 6.07 Å². The van der Waals surface area contributed by atoms with E-state index in [0.29, 0.717) is 0 Å². The normalized spacial score (nSPS) is 10.9. The molecule has 0 unspecified atom stereocenters. The standard InChI is InChI=1S/C9H8BrNS2/c1-12-9-8(11)6-4-5(10)2-3-7(6)13-9/h2-4H,11H2,1H3. The summed E-state index contributed by atoms with van der Waals surface area (Å²) >= 11 is 6.89. The Balaban J connectivity index is 2.77. The SMILES string of the molecule is CSc1sc2ccc(Br)cc2c1N. The molecule has 0 saturated carbocycles. The zero-order valence-corrected chi connectivity index (χ0v) is 10.2. The van der Waals surface area contributed by atoms with Crippen molar-refractivity contribution in [2.45, 2.75) is 4.21 Å². The summed E-state index contributed by atoms with van der Waals surface area (Å²) in [5, 5.41) is 1.16. The van der Waals surface area contributed by atoms with E-state index in [2.05, 4.69) is 34.3 Å². The Morgan fingerprint density at radius 1 is 1.46 bits per heavy atom. The lowest BCUT2D eigenvalue weighted by Crippen LogP contribution is -1.82. The van der Waals surface area contributed by atoms with Crippen LogP contribution in [-0.2, 0) is 0 Å². The second-order valence-electron chi connectivity index (χ2n) is 2.65. The summed E-state index contributed by atoms with van der Waals surface area (Å²) in [5.74, 6) is 0. The Morgan fingerprint density at radius 2 is 2.23 bits per heavy atom. The first-order valence-corrected chi connectivity index (χ1v) is 6.57. The molecule has 1 nitrogen and oxygen atoms in total. The molecule has 2 aromatic rings. The second kappa shape index (κ2) is 3.52. The first kappa shape index (κ1) is 9.37. The number of halogens is 1. The van der Waals surface area contributed by atoms with Gasteiger partial charge in [0, 0.05) is 14.6 Å². The number of fused-ring (bicyclic) bond motifs is 1. The van der Waals surface area contributed by atoms with Crippen LogP contribution in [-0.4, -0.2) is 6.26 Å². The van der Waals surface area contributed by atoms with Gasteiger partial charge in [-0.2, -0.15) is 0 Å². The maximum Gasteiger partial charge on any atom is 0.0838 e. The van der Waals surface area contributed by atoms with Gasteiger partial charge in [-0.05, 0) is 24.5 Å². The lowest BCUT2D eigenvalue weighted by atomic mass is 10.2. The van der Waals surface area contributed by atoms with Gasteiger partial charge in [0.2, 0.25) is 0 Å². The number of hydrogen-bond donors (Lipinski definition) is 1. The van der Waals surface area contributed by atoms with Crippen molar-refractivity contribution in [3.63, 3.8) is 0 Å². The zero-order chi connectivity index (χ0) is 9.42. The molecule has 1 heterocycles. The number of thioether (sulfide) groups is 1. The van der Waals surface area contributed by atoms with E-state index >= 15 is 0 Å². The Labute approximate surface area is 93.4 Å². The fraction of sp³-hybridized carbons (Fsp3) is 0.111. The molecular formula is C9H8BrNS2. The molecular weight excluding hydrogens is 266 g/mol. The number of benzene rings is 1. The van der Waals surface area contributed by atoms with Crippen molar-refractivity contribution in [3.05, 3.63) is 22.7 Å². The summed E-state index contributed by atoms with van der Waals surface area (Å²) < 4.78 is 3.54. The van der Waals surface area contributed by atoms with Crippen molar-refractivity contribution in [2.75, 3.05) is 12.0 Å². The molecule has 13 heavy (non-hydrogen) atoms. The molecule has 0 atom stereocenters. The van der Waals surface area contributed by atoms with Crippen molar-refractivity contribution in [1.29, 1.82) is 0 Å². The summed E-state index contributed by atoms with van der Waals surface area (Å²) in [7, 11) is 0. The summed E-state index contributed by atoms with van der Waals surface area (Å²) in [6.45, 7) is 0. The monoisotopic (exact) mass is 273 g/mol. The quantitative estimate of drug-likeness (QED) is 0.796. The van der Waals surface area contributed by atoms with Crippen molar-refractivity contribution in [2.24, 2.45) is 0 Å². The minimum absolute atomic E-state index is 0.911. The third-order valence-electron chi connectivity index (χ3n) is 1.84. The van der Waals surface area contributed by atoms with Gasteiger partial charge in [0.05, 0.1) is 9.90 Å². The largest absolute Gasteiger partial charge is 0.397 e. The molecule has 0 amide bonds. The van der Waals surface area contributed by atoms with Crippen LogP contribution in [0.1, 0.15) is 0 Å². The van der Waals surface area contributed by atoms with E-state index in [-0.39, 0.29) is 0 Å². The molecule has 2 rings (SSSR count). The van der Waals surface area contributed by atoms with Crippen molar-refractivity contribution < 1.29 is 0 Å². The van der Waals surface area contributed by atoms with Gasteiger partial charge in [0.25, 0.3) is 0 Å². The van der Waals surface area contributed by atoms with Gasteiger partial charge in [0.1, 0.15) is 0 Å². The molecule has 0 aliphatic carbocycles. The summed E-state index contributed by atoms with van der Waals surface area (Å²) in [6.07, 6.45) is 2.05. The fourth-order valence-electron chi connectivity index (χ4n) is 1.22. The number of rotatable bonds is 1. The third-order valence-corrected chi connectivity index (χ3v) is 4.65. The van der Waals surface area contributed by atoms with E-state index in [0.717, 1.165) is 15.5 Å².